The Bertz CT molecular complexity index is 3030. The van der Waals surface area contributed by atoms with Crippen LogP contribution in [0.25, 0.3) is 16.7 Å². The van der Waals surface area contributed by atoms with E-state index in [0.29, 0.717) is 0 Å². The van der Waals surface area contributed by atoms with Crippen molar-refractivity contribution in [3.05, 3.63) is 180 Å². The highest BCUT2D eigenvalue weighted by Crippen LogP contribution is 2.42. The number of hydrogen-bond acceptors (Lipinski definition) is 5. The molecule has 1 aromatic heterocycles. The number of nitrogens with one attached hydrogen (secondary N) is 1. The van der Waals surface area contributed by atoms with E-state index in [4.69, 9.17) is 0 Å². The number of H-pyrrole nitrogens is 1. The number of rotatable bonds is 3. The van der Waals surface area contributed by atoms with E-state index in [-0.39, 0.29) is 12.5 Å². The van der Waals surface area contributed by atoms with Crippen molar-refractivity contribution in [1.82, 2.24) is 4.98 Å². The summed E-state index contributed by atoms with van der Waals surface area (Å²) in [5.74, 6) is -37.8. The minimum absolute atomic E-state index is 0.220. The first kappa shape index (κ1) is 39.8. The van der Waals surface area contributed by atoms with Crippen LogP contribution in [0.5, 0.6) is 0 Å². The summed E-state index contributed by atoms with van der Waals surface area (Å²) >= 11 is 0. The highest BCUT2D eigenvalue weighted by molar-refractivity contribution is 6.37. The van der Waals surface area contributed by atoms with Crippen molar-refractivity contribution in [3.63, 3.8) is 0 Å². The molecule has 0 atom stereocenters. The maximum Gasteiger partial charge on any atom is 0.200 e. The van der Waals surface area contributed by atoms with Crippen LogP contribution in [0.2, 0.25) is 0 Å². The molecule has 0 radical (unpaired) electrons. The number of fused-ring (bicyclic) bond motifs is 6. The van der Waals surface area contributed by atoms with Gasteiger partial charge in [0.25, 0.3) is 0 Å². The number of halogens is 15. The summed E-state index contributed by atoms with van der Waals surface area (Å²) in [5, 5.41) is 19.0. The van der Waals surface area contributed by atoms with Gasteiger partial charge in [0, 0.05) is 38.6 Å². The lowest BCUT2D eigenvalue weighted by atomic mass is 9.92. The van der Waals surface area contributed by atoms with Crippen LogP contribution in [0, 0.1) is 87.3 Å². The molecule has 0 saturated carbocycles. The molecule has 5 heterocycles. The van der Waals surface area contributed by atoms with Crippen LogP contribution >= 0.6 is 0 Å². The number of nitrogens with zero attached hydrogens (tertiary/aromatic N) is 3. The Balaban J connectivity index is 1.62. The Labute approximate surface area is 322 Å². The molecule has 6 nitrogen and oxygen atoms in total. The molecule has 4 aliphatic heterocycles. The van der Waals surface area contributed by atoms with Gasteiger partial charge in [0.05, 0.1) is 63.4 Å². The number of hydrogen-bond donors (Lipinski definition) is 3. The minimum Gasteiger partial charge on any atom is -0.515 e. The van der Waals surface area contributed by atoms with Gasteiger partial charge in [-0.1, -0.05) is 0 Å². The molecule has 4 aromatic rings. The van der Waals surface area contributed by atoms with E-state index >= 15 is 26.3 Å². The molecule has 60 heavy (non-hydrogen) atoms. The zero-order chi connectivity index (χ0) is 43.4. The molecule has 0 unspecified atom stereocenters. The van der Waals surface area contributed by atoms with Crippen molar-refractivity contribution >= 4 is 33.9 Å². The number of benzene rings is 3. The second kappa shape index (κ2) is 14.1. The Kier molecular flexibility index (Phi) is 9.31. The largest absolute Gasteiger partial charge is 0.515 e. The lowest BCUT2D eigenvalue weighted by molar-refractivity contribution is 0.376. The van der Waals surface area contributed by atoms with Gasteiger partial charge in [0.1, 0.15) is 0 Å². The van der Waals surface area contributed by atoms with E-state index in [1.807, 2.05) is 0 Å². The van der Waals surface area contributed by atoms with E-state index in [1.165, 1.54) is 0 Å². The zero-order valence-corrected chi connectivity index (χ0v) is 28.8. The number of aromatic nitrogens is 1. The fourth-order valence-corrected chi connectivity index (χ4v) is 6.97. The molecular formula is C39H13F15N4O2. The van der Waals surface area contributed by atoms with Crippen LogP contribution < -0.4 is 10.7 Å². The standard InChI is InChI=1S/C39H13F15N4O2/c40-23-20(24(41)30(47)35(52)29(23)46)17-11-1-3-13(55-11)18(21-25(42)31(48)36(53)32(49)26(21)43)38-9(7-59)5-15(57-38)16-6-10(8-60)39(58-16)19(14-4-2-12(17)56-14)22-27(44)33(50)37(54)34(51)28(22)45/h1,3,5-8,55,59-60H,2,4H2/b9-7-,10-8+,17-11?,18-13?,19-14?. The summed E-state index contributed by atoms with van der Waals surface area (Å²) < 4.78 is 226. The van der Waals surface area contributed by atoms with Gasteiger partial charge in [0.15, 0.2) is 69.8 Å². The molecule has 8 rings (SSSR count). The molecule has 0 spiro atoms. The lowest BCUT2D eigenvalue weighted by Gasteiger charge is -2.15. The minimum atomic E-state index is -2.64. The first-order valence-corrected chi connectivity index (χ1v) is 16.5. The van der Waals surface area contributed by atoms with E-state index in [9.17, 15) is 49.7 Å². The molecule has 0 amide bonds. The summed E-state index contributed by atoms with van der Waals surface area (Å²) in [7, 11) is 0. The van der Waals surface area contributed by atoms with Gasteiger partial charge >= 0.3 is 0 Å². The Hall–Kier alpha value is -7.06. The second-order valence-corrected chi connectivity index (χ2v) is 12.9. The second-order valence-electron chi connectivity index (χ2n) is 12.9. The van der Waals surface area contributed by atoms with Gasteiger partial charge in [-0.25, -0.2) is 75.8 Å². The van der Waals surface area contributed by atoms with Crippen LogP contribution in [-0.2, 0) is 0 Å². The zero-order valence-electron chi connectivity index (χ0n) is 28.8. The van der Waals surface area contributed by atoms with Crippen molar-refractivity contribution < 1.29 is 76.1 Å². The third kappa shape index (κ3) is 5.58. The van der Waals surface area contributed by atoms with Crippen molar-refractivity contribution in [3.8, 4) is 0 Å². The number of allylic oxidation sites excluding steroid dienone is 6. The third-order valence-corrected chi connectivity index (χ3v) is 9.66. The molecule has 0 saturated heterocycles. The average molecular weight is 855 g/mol. The van der Waals surface area contributed by atoms with Crippen molar-refractivity contribution in [1.29, 1.82) is 0 Å². The number of aliphatic hydroxyl groups is 2. The van der Waals surface area contributed by atoms with Gasteiger partial charge in [0.2, 0.25) is 17.5 Å². The molecule has 4 aliphatic rings. The predicted molar refractivity (Wildman–Crippen MR) is 180 cm³/mol. The number of aliphatic imine (C=N–C) groups is 3. The summed E-state index contributed by atoms with van der Waals surface area (Å²) in [5.41, 5.74) is -13.8. The molecule has 3 N–H and O–H groups in total. The van der Waals surface area contributed by atoms with Crippen LogP contribution in [0.4, 0.5) is 65.9 Å². The maximum absolute atomic E-state index is 15.7. The lowest BCUT2D eigenvalue weighted by Crippen LogP contribution is -2.25. The van der Waals surface area contributed by atoms with E-state index in [1.54, 1.807) is 0 Å². The van der Waals surface area contributed by atoms with Crippen LogP contribution in [0.15, 0.2) is 80.0 Å². The van der Waals surface area contributed by atoms with Crippen molar-refractivity contribution in [2.75, 3.05) is 0 Å². The van der Waals surface area contributed by atoms with Gasteiger partial charge in [-0.15, -0.1) is 0 Å². The fourth-order valence-electron chi connectivity index (χ4n) is 6.97. The number of aliphatic hydroxyl groups excluding tert-OH is 2. The van der Waals surface area contributed by atoms with Gasteiger partial charge in [-0.2, -0.15) is 0 Å². The van der Waals surface area contributed by atoms with Gasteiger partial charge in [-0.05, 0) is 37.1 Å². The van der Waals surface area contributed by atoms with Crippen LogP contribution in [-0.4, -0.2) is 32.3 Å². The molecule has 306 valence electrons. The van der Waals surface area contributed by atoms with E-state index < -0.39 is 190 Å². The highest BCUT2D eigenvalue weighted by atomic mass is 19.2. The topological polar surface area (TPSA) is 93.3 Å². The van der Waals surface area contributed by atoms with Crippen LogP contribution in [0.1, 0.15) is 29.5 Å². The van der Waals surface area contributed by atoms with Crippen molar-refractivity contribution in [2.24, 2.45) is 15.0 Å². The van der Waals surface area contributed by atoms with E-state index in [0.717, 1.165) is 24.3 Å². The van der Waals surface area contributed by atoms with Gasteiger partial charge < -0.3 is 15.2 Å². The monoisotopic (exact) mass is 854 g/mol. The molecule has 8 bridgehead atoms. The average Bonchev–Trinajstić information content (AvgIpc) is 4.07. The molecule has 0 aliphatic carbocycles. The summed E-state index contributed by atoms with van der Waals surface area (Å²) in [6.45, 7) is 0. The Morgan fingerprint density at radius 3 is 1.15 bits per heavy atom. The van der Waals surface area contributed by atoms with E-state index in [2.05, 4.69) is 20.0 Å². The normalized spacial score (nSPS) is 17.7. The highest BCUT2D eigenvalue weighted by Gasteiger charge is 2.39. The predicted octanol–water partition coefficient (Wildman–Crippen LogP) is 8.72. The summed E-state index contributed by atoms with van der Waals surface area (Å²) in [4.78, 5) is 14.7. The third-order valence-electron chi connectivity index (χ3n) is 9.66. The molecule has 3 aromatic carbocycles. The molecule has 0 fully saturated rings. The first-order valence-electron chi connectivity index (χ1n) is 16.5. The van der Waals surface area contributed by atoms with Gasteiger partial charge in [-0.3, -0.25) is 4.99 Å². The Morgan fingerprint density at radius 2 is 0.750 bits per heavy atom. The molecular weight excluding hydrogens is 841 g/mol. The Morgan fingerprint density at radius 1 is 0.417 bits per heavy atom. The van der Waals surface area contributed by atoms with Crippen LogP contribution in [0.3, 0.4) is 0 Å². The quantitative estimate of drug-likeness (QED) is 0.0833. The smallest absolute Gasteiger partial charge is 0.200 e. The fraction of sp³-hybridized carbons (Fsp3) is 0.0513. The summed E-state index contributed by atoms with van der Waals surface area (Å²) in [6, 6.07) is 1.55. The van der Waals surface area contributed by atoms with Crippen molar-refractivity contribution in [2.45, 2.75) is 12.8 Å². The first-order chi connectivity index (χ1) is 28.4. The number of aromatic amines is 1. The molecule has 21 heteroatoms. The SMILES string of the molecule is O/C=C1/C=C2N=C1C(c1c(F)c(F)c(F)c(F)c1F)=c1ccc([nH]1)=C(c1c(F)c(F)c(F)c(F)c1F)C1=NC(=C(c3c(F)c(F)c(F)c(F)c3F)C3=NC2=C/C3=C\O)CC1. The summed E-state index contributed by atoms with van der Waals surface area (Å²) in [6.07, 6.45) is 0.798. The maximum atomic E-state index is 15.7.